The molecule has 0 saturated heterocycles. The molecule has 0 amide bonds. The number of ether oxygens (including phenoxy) is 2. The summed E-state index contributed by atoms with van der Waals surface area (Å²) in [5, 5.41) is 3.03. The number of nitrogens with one attached hydrogen (secondary N) is 1. The number of fused-ring (bicyclic) bond motifs is 1. The number of rotatable bonds is 4. The molecule has 0 bridgehead atoms. The van der Waals surface area contributed by atoms with Gasteiger partial charge in [0, 0.05) is 29.1 Å². The molecule has 0 aromatic carbocycles. The molecule has 0 fully saturated rings. The van der Waals surface area contributed by atoms with Crippen molar-refractivity contribution in [1.29, 1.82) is 0 Å². The predicted molar refractivity (Wildman–Crippen MR) is 63.2 cm³/mol. The minimum atomic E-state index is -1.49. The summed E-state index contributed by atoms with van der Waals surface area (Å²) < 4.78 is 26.1. The van der Waals surface area contributed by atoms with Gasteiger partial charge in [0.05, 0.1) is 0 Å². The quantitative estimate of drug-likeness (QED) is 0.637. The first kappa shape index (κ1) is 9.56. The molecule has 2 rings (SSSR count). The molecule has 0 radical (unpaired) electrons. The van der Waals surface area contributed by atoms with E-state index in [0.717, 1.165) is 0 Å². The van der Waals surface area contributed by atoms with Crippen molar-refractivity contribution >= 4 is 12.1 Å². The van der Waals surface area contributed by atoms with Gasteiger partial charge >= 0.3 is 0 Å². The van der Waals surface area contributed by atoms with Crippen LogP contribution in [0.3, 0.4) is 0 Å². The summed E-state index contributed by atoms with van der Waals surface area (Å²) >= 11 is 0. The summed E-state index contributed by atoms with van der Waals surface area (Å²) in [5.41, 5.74) is 1.03. The Bertz CT molecular complexity index is 490. The second-order valence-electron chi connectivity index (χ2n) is 3.63. The summed E-state index contributed by atoms with van der Waals surface area (Å²) in [7, 11) is 2.91. The molecule has 0 unspecified atom stereocenters. The lowest BCUT2D eigenvalue weighted by molar-refractivity contribution is -0.108. The largest absolute Gasteiger partial charge is 0.370 e. The first-order chi connectivity index (χ1) is 9.03. The van der Waals surface area contributed by atoms with Crippen molar-refractivity contribution < 1.29 is 17.0 Å². The number of carbonyl (C=O) groups excluding carboxylic acids is 1. The van der Waals surface area contributed by atoms with Gasteiger partial charge < -0.3 is 14.8 Å². The smallest absolute Gasteiger partial charge is 0.201 e. The van der Waals surface area contributed by atoms with Crippen molar-refractivity contribution in [3.05, 3.63) is 22.9 Å². The van der Waals surface area contributed by atoms with Gasteiger partial charge in [-0.1, -0.05) is 0 Å². The maximum absolute atomic E-state index is 11.2. The van der Waals surface area contributed by atoms with Crippen molar-refractivity contribution in [2.24, 2.45) is 0 Å². The highest BCUT2D eigenvalue weighted by molar-refractivity contribution is 5.78. The first-order valence-corrected chi connectivity index (χ1v) is 5.33. The van der Waals surface area contributed by atoms with Gasteiger partial charge in [-0.25, -0.2) is 4.98 Å². The second-order valence-corrected chi connectivity index (χ2v) is 3.63. The van der Waals surface area contributed by atoms with E-state index in [1.54, 1.807) is 0 Å². The average molecular weight is 238 g/mol. The Morgan fingerprint density at radius 2 is 2.35 bits per heavy atom. The van der Waals surface area contributed by atoms with E-state index in [4.69, 9.17) is 12.2 Å². The Hall–Kier alpha value is -1.46. The standard InChI is InChI=1S/C12H16N2O3/c1-16-12(17-2)10-9(7-15)6-8-4-3-5-13-11(8)14-10/h6-7,12H,3-5H2,1-2H3,(H,13,14)/i4D2. The van der Waals surface area contributed by atoms with Crippen LogP contribution in [0.25, 0.3) is 0 Å². The molecule has 5 nitrogen and oxygen atoms in total. The maximum atomic E-state index is 11.2. The van der Waals surface area contributed by atoms with E-state index in [0.29, 0.717) is 36.3 Å². The zero-order chi connectivity index (χ0) is 14.0. The molecule has 1 aromatic rings. The maximum Gasteiger partial charge on any atom is 0.201 e. The third-order valence-corrected chi connectivity index (χ3v) is 2.59. The SMILES string of the molecule is [2H]C1([2H])CCNc2nc(C(OC)OC)c(C=O)cc21. The lowest BCUT2D eigenvalue weighted by Gasteiger charge is -2.21. The lowest BCUT2D eigenvalue weighted by Crippen LogP contribution is -2.17. The summed E-state index contributed by atoms with van der Waals surface area (Å²) in [6, 6.07) is 1.52. The number of anilines is 1. The first-order valence-electron chi connectivity index (χ1n) is 6.33. The minimum Gasteiger partial charge on any atom is -0.370 e. The highest BCUT2D eigenvalue weighted by Gasteiger charge is 2.20. The molecular formula is C12H16N2O3. The van der Waals surface area contributed by atoms with Crippen LogP contribution >= 0.6 is 0 Å². The number of methoxy groups -OCH3 is 2. The van der Waals surface area contributed by atoms with Crippen LogP contribution < -0.4 is 5.32 Å². The number of carbonyl (C=O) groups is 1. The average Bonchev–Trinajstić information content (AvgIpc) is 2.39. The zero-order valence-electron chi connectivity index (χ0n) is 11.8. The van der Waals surface area contributed by atoms with Crippen LogP contribution in [0, 0.1) is 0 Å². The molecule has 1 aliphatic heterocycles. The fourth-order valence-corrected chi connectivity index (χ4v) is 1.79. The van der Waals surface area contributed by atoms with E-state index in [9.17, 15) is 4.79 Å². The number of aryl methyl sites for hydroxylation is 1. The van der Waals surface area contributed by atoms with Crippen LogP contribution in [0.1, 0.15) is 37.1 Å². The van der Waals surface area contributed by atoms with Crippen molar-refractivity contribution in [3.8, 4) is 0 Å². The van der Waals surface area contributed by atoms with Gasteiger partial charge in [0.25, 0.3) is 0 Å². The molecule has 1 N–H and O–H groups in total. The van der Waals surface area contributed by atoms with Gasteiger partial charge in [-0.05, 0) is 24.4 Å². The van der Waals surface area contributed by atoms with Gasteiger partial charge in [-0.3, -0.25) is 4.79 Å². The molecular weight excluding hydrogens is 220 g/mol. The Balaban J connectivity index is 2.56. The normalized spacial score (nSPS) is 19.0. The van der Waals surface area contributed by atoms with E-state index < -0.39 is 12.7 Å². The van der Waals surface area contributed by atoms with Crippen molar-refractivity contribution in [3.63, 3.8) is 0 Å². The van der Waals surface area contributed by atoms with Crippen LogP contribution in [0.2, 0.25) is 0 Å². The van der Waals surface area contributed by atoms with Gasteiger partial charge in [0.1, 0.15) is 11.5 Å². The fourth-order valence-electron chi connectivity index (χ4n) is 1.79. The molecule has 1 aliphatic rings. The Kier molecular flexibility index (Phi) is 2.95. The molecule has 0 spiro atoms. The molecule has 2 heterocycles. The van der Waals surface area contributed by atoms with Gasteiger partial charge in [-0.2, -0.15) is 0 Å². The Morgan fingerprint density at radius 1 is 1.59 bits per heavy atom. The highest BCUT2D eigenvalue weighted by Crippen LogP contribution is 2.26. The van der Waals surface area contributed by atoms with Crippen LogP contribution in [0.5, 0.6) is 0 Å². The fraction of sp³-hybridized carbons (Fsp3) is 0.500. The molecule has 0 aliphatic carbocycles. The van der Waals surface area contributed by atoms with E-state index in [-0.39, 0.29) is 5.56 Å². The number of hydrogen-bond donors (Lipinski definition) is 1. The lowest BCUT2D eigenvalue weighted by atomic mass is 10.0. The summed E-state index contributed by atoms with van der Waals surface area (Å²) in [6.45, 7) is 0.498. The molecule has 5 heteroatoms. The summed E-state index contributed by atoms with van der Waals surface area (Å²) in [5.74, 6) is 0.441. The molecule has 92 valence electrons. The molecule has 1 aromatic heterocycles. The Labute approximate surface area is 103 Å². The van der Waals surface area contributed by atoms with E-state index in [1.165, 1.54) is 20.3 Å². The van der Waals surface area contributed by atoms with Crippen LogP contribution in [0.4, 0.5) is 5.82 Å². The van der Waals surface area contributed by atoms with Crippen molar-refractivity contribution in [1.82, 2.24) is 4.98 Å². The van der Waals surface area contributed by atoms with Crippen LogP contribution in [-0.4, -0.2) is 32.0 Å². The topological polar surface area (TPSA) is 60.5 Å². The number of aldehydes is 1. The number of hydrogen-bond acceptors (Lipinski definition) is 5. The second kappa shape index (κ2) is 5.25. The molecule has 17 heavy (non-hydrogen) atoms. The Morgan fingerprint density at radius 3 is 3.00 bits per heavy atom. The van der Waals surface area contributed by atoms with E-state index in [2.05, 4.69) is 10.3 Å². The molecule has 0 saturated carbocycles. The minimum absolute atomic E-state index is 0.278. The number of pyridine rings is 1. The van der Waals surface area contributed by atoms with Crippen molar-refractivity contribution in [2.45, 2.75) is 19.1 Å². The highest BCUT2D eigenvalue weighted by atomic mass is 16.7. The summed E-state index contributed by atoms with van der Waals surface area (Å²) in [4.78, 5) is 15.5. The number of nitrogens with zero attached hydrogens (tertiary/aromatic N) is 1. The summed E-state index contributed by atoms with van der Waals surface area (Å²) in [6.07, 6.45) is -1.25. The van der Waals surface area contributed by atoms with Gasteiger partial charge in [0.2, 0.25) is 6.29 Å². The van der Waals surface area contributed by atoms with E-state index >= 15 is 0 Å². The number of aromatic nitrogens is 1. The predicted octanol–water partition coefficient (Wildman–Crippen LogP) is 1.54. The van der Waals surface area contributed by atoms with Gasteiger partial charge in [-0.15, -0.1) is 0 Å². The zero-order valence-corrected chi connectivity index (χ0v) is 9.82. The monoisotopic (exact) mass is 238 g/mol. The van der Waals surface area contributed by atoms with Crippen molar-refractivity contribution in [2.75, 3.05) is 26.1 Å². The third-order valence-electron chi connectivity index (χ3n) is 2.59. The van der Waals surface area contributed by atoms with E-state index in [1.807, 2.05) is 0 Å². The third kappa shape index (κ3) is 2.30. The van der Waals surface area contributed by atoms with Gasteiger partial charge in [0.15, 0.2) is 6.29 Å². The molecule has 0 atom stereocenters. The van der Waals surface area contributed by atoms with Crippen LogP contribution in [0.15, 0.2) is 6.07 Å². The van der Waals surface area contributed by atoms with Crippen LogP contribution in [-0.2, 0) is 15.8 Å².